The minimum absolute atomic E-state index is 0. The van der Waals surface area contributed by atoms with Gasteiger partial charge in [0.25, 0.3) is 0 Å². The molecule has 0 spiro atoms. The molecule has 0 radical (unpaired) electrons. The molecule has 3 nitrogen and oxygen atoms in total. The molecule has 0 bridgehead atoms. The summed E-state index contributed by atoms with van der Waals surface area (Å²) >= 11 is 0. The van der Waals surface area contributed by atoms with Gasteiger partial charge in [0.15, 0.2) is 0 Å². The Morgan fingerprint density at radius 3 is 2.50 bits per heavy atom. The second-order valence-electron chi connectivity index (χ2n) is 2.18. The van der Waals surface area contributed by atoms with Crippen molar-refractivity contribution in [2.75, 3.05) is 5.32 Å². The molecule has 1 aromatic rings. The zero-order valence-electron chi connectivity index (χ0n) is 7.13. The van der Waals surface area contributed by atoms with Crippen LogP contribution in [0.2, 0.25) is 0 Å². The summed E-state index contributed by atoms with van der Waals surface area (Å²) in [5.41, 5.74) is 0.333. The minimum Gasteiger partial charge on any atom is -0.871 e. The fourth-order valence-electron chi connectivity index (χ4n) is 0.760. The van der Waals surface area contributed by atoms with Crippen molar-refractivity contribution in [3.05, 3.63) is 24.3 Å². The summed E-state index contributed by atoms with van der Waals surface area (Å²) in [7, 11) is 0. The van der Waals surface area contributed by atoms with E-state index in [1.165, 1.54) is 13.0 Å². The summed E-state index contributed by atoms with van der Waals surface area (Å²) in [6, 6.07) is 6.31. The number of amides is 1. The Balaban J connectivity index is 0.00000121. The Hall–Kier alpha value is 0.126. The molecule has 0 heterocycles. The molecular weight excluding hydrogens is 181 g/mol. The van der Waals surface area contributed by atoms with Gasteiger partial charge in [0.1, 0.15) is 0 Å². The zero-order chi connectivity index (χ0) is 8.27. The molecular formula is C8H8KNO2. The molecule has 0 fully saturated rings. The van der Waals surface area contributed by atoms with Gasteiger partial charge in [0.05, 0.1) is 0 Å². The van der Waals surface area contributed by atoms with Crippen LogP contribution in [-0.4, -0.2) is 5.91 Å². The van der Waals surface area contributed by atoms with Crippen molar-refractivity contribution in [1.82, 2.24) is 0 Å². The van der Waals surface area contributed by atoms with Gasteiger partial charge in [-0.1, -0.05) is 23.9 Å². The fourth-order valence-corrected chi connectivity index (χ4v) is 0.760. The van der Waals surface area contributed by atoms with Crippen LogP contribution >= 0.6 is 0 Å². The third-order valence-corrected chi connectivity index (χ3v) is 1.20. The van der Waals surface area contributed by atoms with Crippen LogP contribution in [0.3, 0.4) is 0 Å². The van der Waals surface area contributed by atoms with E-state index in [0.29, 0.717) is 5.69 Å². The first-order valence-electron chi connectivity index (χ1n) is 3.24. The minimum atomic E-state index is -0.228. The molecule has 0 aliphatic heterocycles. The van der Waals surface area contributed by atoms with Crippen molar-refractivity contribution in [3.63, 3.8) is 0 Å². The van der Waals surface area contributed by atoms with Crippen LogP contribution in [0.15, 0.2) is 24.3 Å². The van der Waals surface area contributed by atoms with Crippen molar-refractivity contribution in [2.45, 2.75) is 6.92 Å². The molecule has 0 aliphatic carbocycles. The molecule has 0 atom stereocenters. The smallest absolute Gasteiger partial charge is 0.871 e. The monoisotopic (exact) mass is 189 g/mol. The zero-order valence-corrected chi connectivity index (χ0v) is 10.2. The summed E-state index contributed by atoms with van der Waals surface area (Å²) in [5, 5.41) is 13.4. The molecule has 0 aromatic heterocycles. The average Bonchev–Trinajstić information content (AvgIpc) is 1.93. The Morgan fingerprint density at radius 1 is 1.42 bits per heavy atom. The van der Waals surface area contributed by atoms with E-state index in [4.69, 9.17) is 0 Å². The van der Waals surface area contributed by atoms with Gasteiger partial charge in [0, 0.05) is 12.6 Å². The molecule has 0 saturated carbocycles. The number of carbonyl (C=O) groups is 1. The average molecular weight is 189 g/mol. The van der Waals surface area contributed by atoms with Crippen LogP contribution in [0, 0.1) is 0 Å². The van der Waals surface area contributed by atoms with Gasteiger partial charge in [0.2, 0.25) is 5.91 Å². The largest absolute Gasteiger partial charge is 1.00 e. The SMILES string of the molecule is CC(=O)Nc1ccccc1[O-].[K+]. The van der Waals surface area contributed by atoms with Gasteiger partial charge in [-0.05, 0) is 6.07 Å². The van der Waals surface area contributed by atoms with Gasteiger partial charge in [-0.25, -0.2) is 0 Å². The normalized spacial score (nSPS) is 8.42. The molecule has 1 amide bonds. The number of para-hydroxylation sites is 2. The number of benzene rings is 1. The second-order valence-corrected chi connectivity index (χ2v) is 2.18. The summed E-state index contributed by atoms with van der Waals surface area (Å²) in [6.45, 7) is 1.37. The predicted octanol–water partition coefficient (Wildman–Crippen LogP) is -2.28. The first kappa shape index (κ1) is 12.1. The van der Waals surface area contributed by atoms with Crippen molar-refractivity contribution in [3.8, 4) is 5.75 Å². The van der Waals surface area contributed by atoms with Gasteiger partial charge in [-0.15, -0.1) is 0 Å². The predicted molar refractivity (Wildman–Crippen MR) is 40.2 cm³/mol. The molecule has 0 unspecified atom stereocenters. The van der Waals surface area contributed by atoms with E-state index >= 15 is 0 Å². The quantitative estimate of drug-likeness (QED) is 0.506. The Kier molecular flexibility index (Phi) is 5.78. The van der Waals surface area contributed by atoms with Crippen molar-refractivity contribution < 1.29 is 61.3 Å². The third-order valence-electron chi connectivity index (χ3n) is 1.20. The van der Waals surface area contributed by atoms with Gasteiger partial charge in [-0.3, -0.25) is 4.79 Å². The van der Waals surface area contributed by atoms with Gasteiger partial charge < -0.3 is 10.4 Å². The summed E-state index contributed by atoms with van der Waals surface area (Å²) in [4.78, 5) is 10.5. The van der Waals surface area contributed by atoms with E-state index in [0.717, 1.165) is 0 Å². The molecule has 58 valence electrons. The van der Waals surface area contributed by atoms with Crippen molar-refractivity contribution >= 4 is 11.6 Å². The van der Waals surface area contributed by atoms with E-state index in [-0.39, 0.29) is 63.0 Å². The van der Waals surface area contributed by atoms with Crippen LogP contribution in [0.25, 0.3) is 0 Å². The van der Waals surface area contributed by atoms with Crippen LogP contribution in [0.5, 0.6) is 5.75 Å². The summed E-state index contributed by atoms with van der Waals surface area (Å²) in [6.07, 6.45) is 0. The van der Waals surface area contributed by atoms with Crippen molar-refractivity contribution in [1.29, 1.82) is 0 Å². The number of hydrogen-bond donors (Lipinski definition) is 1. The summed E-state index contributed by atoms with van der Waals surface area (Å²) < 4.78 is 0. The topological polar surface area (TPSA) is 52.2 Å². The van der Waals surface area contributed by atoms with E-state index in [2.05, 4.69) is 5.32 Å². The number of carbonyl (C=O) groups excluding carboxylic acids is 1. The molecule has 12 heavy (non-hydrogen) atoms. The number of anilines is 1. The van der Waals surface area contributed by atoms with Gasteiger partial charge in [-0.2, -0.15) is 0 Å². The second kappa shape index (κ2) is 5.72. The molecule has 0 aliphatic rings. The Bertz CT molecular complexity index is 276. The fraction of sp³-hybridized carbons (Fsp3) is 0.125. The van der Waals surface area contributed by atoms with E-state index in [1.54, 1.807) is 18.2 Å². The van der Waals surface area contributed by atoms with Crippen LogP contribution in [0.1, 0.15) is 6.92 Å². The first-order chi connectivity index (χ1) is 5.20. The van der Waals surface area contributed by atoms with E-state index in [9.17, 15) is 9.90 Å². The Morgan fingerprint density at radius 2 is 2.00 bits per heavy atom. The maximum Gasteiger partial charge on any atom is 1.00 e. The molecule has 0 saturated heterocycles. The van der Waals surface area contributed by atoms with E-state index < -0.39 is 0 Å². The first-order valence-corrected chi connectivity index (χ1v) is 3.24. The number of hydrogen-bond acceptors (Lipinski definition) is 2. The molecule has 1 aromatic carbocycles. The maximum atomic E-state index is 10.9. The van der Waals surface area contributed by atoms with E-state index in [1.807, 2.05) is 0 Å². The third kappa shape index (κ3) is 3.69. The van der Waals surface area contributed by atoms with Crippen LogP contribution < -0.4 is 61.8 Å². The summed E-state index contributed by atoms with van der Waals surface area (Å²) in [5.74, 6) is -0.393. The number of nitrogens with one attached hydrogen (secondary N) is 1. The molecule has 1 N–H and O–H groups in total. The van der Waals surface area contributed by atoms with Crippen LogP contribution in [0.4, 0.5) is 5.69 Å². The molecule has 4 heteroatoms. The maximum absolute atomic E-state index is 10.9. The van der Waals surface area contributed by atoms with Crippen molar-refractivity contribution in [2.24, 2.45) is 0 Å². The standard InChI is InChI=1S/C8H9NO2.K/c1-6(10)9-7-4-2-3-5-8(7)11;/h2-5,11H,1H3,(H,9,10);/q;+1/p-1. The number of rotatable bonds is 1. The van der Waals surface area contributed by atoms with Gasteiger partial charge >= 0.3 is 51.4 Å². The van der Waals surface area contributed by atoms with Crippen LogP contribution in [-0.2, 0) is 4.79 Å². The Labute approximate surface area is 114 Å². The molecule has 1 rings (SSSR count).